The summed E-state index contributed by atoms with van der Waals surface area (Å²) < 4.78 is 6.65. The maximum absolute atomic E-state index is 6.65. The molecule has 7 aromatic carbocycles. The Balaban J connectivity index is 1.47. The van der Waals surface area contributed by atoms with E-state index < -0.39 is 0 Å². The van der Waals surface area contributed by atoms with Crippen molar-refractivity contribution in [3.8, 4) is 11.1 Å². The summed E-state index contributed by atoms with van der Waals surface area (Å²) in [6, 6.07) is 40.2. The molecule has 0 aliphatic heterocycles. The van der Waals surface area contributed by atoms with Crippen LogP contribution in [0.4, 0.5) is 0 Å². The molecular weight excluding hydrogens is 460 g/mol. The molecule has 0 radical (unpaired) electrons. The summed E-state index contributed by atoms with van der Waals surface area (Å²) in [5.41, 5.74) is 7.27. The fraction of sp³-hybridized carbons (Fsp3) is 0.0811. The third kappa shape index (κ3) is 2.42. The monoisotopic (exact) mass is 484 g/mol. The Morgan fingerprint density at radius 2 is 1.13 bits per heavy atom. The van der Waals surface area contributed by atoms with Crippen molar-refractivity contribution in [1.82, 2.24) is 0 Å². The van der Waals surface area contributed by atoms with E-state index in [1.165, 1.54) is 76.1 Å². The maximum atomic E-state index is 6.65. The molecule has 1 heteroatoms. The van der Waals surface area contributed by atoms with Crippen LogP contribution >= 0.6 is 0 Å². The van der Waals surface area contributed by atoms with E-state index in [9.17, 15) is 0 Å². The van der Waals surface area contributed by atoms with Crippen molar-refractivity contribution < 1.29 is 4.42 Å². The Morgan fingerprint density at radius 3 is 2.00 bits per heavy atom. The summed E-state index contributed by atoms with van der Waals surface area (Å²) in [5.74, 6) is 0. The quantitative estimate of drug-likeness (QED) is 0.195. The first-order valence-corrected chi connectivity index (χ1v) is 13.4. The summed E-state index contributed by atoms with van der Waals surface area (Å²) in [6.07, 6.45) is 0. The van der Waals surface area contributed by atoms with E-state index in [0.29, 0.717) is 0 Å². The lowest BCUT2D eigenvalue weighted by Gasteiger charge is -2.21. The standard InChI is InChI=1S/C37H24O/c1-37(2)32-14-8-7-13-25(32)28-18-30-29-17-27-24-12-6-5-11-23(24)26-16-15-21-9-3-4-10-22(21)36(26)31(27)19-34(29)38-35(30)20-33(28)37/h3-20H,1-2H3. The smallest absolute Gasteiger partial charge is 0.136 e. The molecule has 0 spiro atoms. The molecule has 8 aromatic rings. The Bertz CT molecular complexity index is 2310. The van der Waals surface area contributed by atoms with Gasteiger partial charge >= 0.3 is 0 Å². The molecule has 0 saturated carbocycles. The van der Waals surface area contributed by atoms with E-state index in [-0.39, 0.29) is 5.41 Å². The van der Waals surface area contributed by atoms with Crippen LogP contribution in [-0.2, 0) is 5.41 Å². The van der Waals surface area contributed by atoms with Crippen molar-refractivity contribution in [2.45, 2.75) is 19.3 Å². The van der Waals surface area contributed by atoms with E-state index in [1.54, 1.807) is 0 Å². The van der Waals surface area contributed by atoms with Crippen LogP contribution in [0.3, 0.4) is 0 Å². The predicted octanol–water partition coefficient (Wildman–Crippen LogP) is 10.5. The molecule has 178 valence electrons. The third-order valence-electron chi connectivity index (χ3n) is 9.02. The molecule has 0 unspecified atom stereocenters. The highest BCUT2D eigenvalue weighted by atomic mass is 16.3. The zero-order valence-corrected chi connectivity index (χ0v) is 21.3. The highest BCUT2D eigenvalue weighted by Gasteiger charge is 2.36. The number of hydrogen-bond acceptors (Lipinski definition) is 1. The largest absolute Gasteiger partial charge is 0.456 e. The number of rotatable bonds is 0. The minimum absolute atomic E-state index is 0.0465. The van der Waals surface area contributed by atoms with E-state index >= 15 is 0 Å². The predicted molar refractivity (Wildman–Crippen MR) is 161 cm³/mol. The molecule has 1 heterocycles. The minimum atomic E-state index is -0.0465. The van der Waals surface area contributed by atoms with E-state index in [0.717, 1.165) is 11.2 Å². The average Bonchev–Trinajstić information content (AvgIpc) is 3.42. The topological polar surface area (TPSA) is 13.1 Å². The average molecular weight is 485 g/mol. The fourth-order valence-corrected chi connectivity index (χ4v) is 7.18. The highest BCUT2D eigenvalue weighted by Crippen LogP contribution is 2.51. The van der Waals surface area contributed by atoms with Gasteiger partial charge in [-0.05, 0) is 89.6 Å². The molecule has 1 aromatic heterocycles. The summed E-state index contributed by atoms with van der Waals surface area (Å²) in [5, 5.41) is 12.6. The first kappa shape index (κ1) is 20.4. The van der Waals surface area contributed by atoms with Gasteiger partial charge in [0.05, 0.1) is 0 Å². The van der Waals surface area contributed by atoms with Gasteiger partial charge < -0.3 is 4.42 Å². The molecule has 0 N–H and O–H groups in total. The van der Waals surface area contributed by atoms with Gasteiger partial charge in [0.2, 0.25) is 0 Å². The fourth-order valence-electron chi connectivity index (χ4n) is 7.18. The van der Waals surface area contributed by atoms with Gasteiger partial charge in [-0.2, -0.15) is 0 Å². The van der Waals surface area contributed by atoms with Gasteiger partial charge in [-0.3, -0.25) is 0 Å². The highest BCUT2D eigenvalue weighted by molar-refractivity contribution is 6.33. The zero-order chi connectivity index (χ0) is 25.2. The van der Waals surface area contributed by atoms with Crippen molar-refractivity contribution >= 4 is 65.0 Å². The second-order valence-electron chi connectivity index (χ2n) is 11.3. The molecule has 9 rings (SSSR count). The van der Waals surface area contributed by atoms with Gasteiger partial charge in [0, 0.05) is 16.2 Å². The van der Waals surface area contributed by atoms with Crippen LogP contribution in [0, 0.1) is 0 Å². The zero-order valence-electron chi connectivity index (χ0n) is 21.3. The summed E-state index contributed by atoms with van der Waals surface area (Å²) in [4.78, 5) is 0. The number of benzene rings is 7. The van der Waals surface area contributed by atoms with Crippen LogP contribution in [0.2, 0.25) is 0 Å². The number of furan rings is 1. The molecule has 1 aliphatic rings. The molecule has 1 nitrogen and oxygen atoms in total. The van der Waals surface area contributed by atoms with Crippen LogP contribution < -0.4 is 0 Å². The lowest BCUT2D eigenvalue weighted by molar-refractivity contribution is 0.647. The maximum Gasteiger partial charge on any atom is 0.136 e. The van der Waals surface area contributed by atoms with Gasteiger partial charge in [-0.25, -0.2) is 0 Å². The molecule has 0 atom stereocenters. The van der Waals surface area contributed by atoms with Crippen molar-refractivity contribution in [2.75, 3.05) is 0 Å². The third-order valence-corrected chi connectivity index (χ3v) is 9.02. The van der Waals surface area contributed by atoms with Gasteiger partial charge in [-0.1, -0.05) is 98.8 Å². The van der Waals surface area contributed by atoms with Crippen LogP contribution in [0.5, 0.6) is 0 Å². The summed E-state index contributed by atoms with van der Waals surface area (Å²) in [7, 11) is 0. The molecule has 38 heavy (non-hydrogen) atoms. The van der Waals surface area contributed by atoms with E-state index in [2.05, 4.69) is 123 Å². The Hall–Kier alpha value is -4.62. The van der Waals surface area contributed by atoms with Crippen LogP contribution in [-0.4, -0.2) is 0 Å². The first-order chi connectivity index (χ1) is 18.6. The van der Waals surface area contributed by atoms with Crippen molar-refractivity contribution in [3.63, 3.8) is 0 Å². The normalized spacial score (nSPS) is 14.3. The molecule has 0 amide bonds. The van der Waals surface area contributed by atoms with Crippen LogP contribution in [0.1, 0.15) is 25.0 Å². The molecular formula is C37H24O. The van der Waals surface area contributed by atoms with Gasteiger partial charge in [0.15, 0.2) is 0 Å². The number of fused-ring (bicyclic) bond motifs is 14. The van der Waals surface area contributed by atoms with E-state index in [4.69, 9.17) is 4.42 Å². The Kier molecular flexibility index (Phi) is 3.67. The molecule has 0 saturated heterocycles. The van der Waals surface area contributed by atoms with Crippen molar-refractivity contribution in [1.29, 1.82) is 0 Å². The second-order valence-corrected chi connectivity index (χ2v) is 11.3. The van der Waals surface area contributed by atoms with Gasteiger partial charge in [-0.15, -0.1) is 0 Å². The van der Waals surface area contributed by atoms with E-state index in [1.807, 2.05) is 0 Å². The number of hydrogen-bond donors (Lipinski definition) is 0. The second kappa shape index (κ2) is 6.82. The van der Waals surface area contributed by atoms with Crippen LogP contribution in [0.25, 0.3) is 76.2 Å². The molecule has 0 fully saturated rings. The van der Waals surface area contributed by atoms with Gasteiger partial charge in [0.25, 0.3) is 0 Å². The lowest BCUT2D eigenvalue weighted by Crippen LogP contribution is -2.14. The minimum Gasteiger partial charge on any atom is -0.456 e. The Labute approximate surface area is 219 Å². The summed E-state index contributed by atoms with van der Waals surface area (Å²) >= 11 is 0. The molecule has 0 bridgehead atoms. The van der Waals surface area contributed by atoms with Crippen LogP contribution in [0.15, 0.2) is 114 Å². The summed E-state index contributed by atoms with van der Waals surface area (Å²) in [6.45, 7) is 4.65. The Morgan fingerprint density at radius 1 is 0.447 bits per heavy atom. The first-order valence-electron chi connectivity index (χ1n) is 13.4. The SMILES string of the molecule is CC1(C)c2ccccc2-c2cc3c(cc21)oc1cc2c(cc13)c1ccccc1c1ccc3ccccc3c12. The lowest BCUT2D eigenvalue weighted by atomic mass is 9.82. The van der Waals surface area contributed by atoms with Gasteiger partial charge in [0.1, 0.15) is 11.2 Å². The van der Waals surface area contributed by atoms with Crippen molar-refractivity contribution in [2.24, 2.45) is 0 Å². The van der Waals surface area contributed by atoms with Crippen molar-refractivity contribution in [3.05, 3.63) is 120 Å². The molecule has 1 aliphatic carbocycles.